The largest absolute Gasteiger partial charge is 0.370 e. The topological polar surface area (TPSA) is 32.3 Å². The molecule has 0 radical (unpaired) electrons. The maximum atomic E-state index is 12.4. The standard InChI is InChI=1S/C17H22N2O/c20-17(14-10-12-9-13(12)11-14)18-15-5-1-2-6-16(15)19-7-3-4-8-19/h1-2,5-6,12-14H,3-4,7-11H2,(H,18,20). The molecule has 2 atom stereocenters. The number of hydrogen-bond donors (Lipinski definition) is 1. The van der Waals surface area contributed by atoms with Gasteiger partial charge in [-0.3, -0.25) is 4.79 Å². The molecule has 2 saturated carbocycles. The number of rotatable bonds is 3. The normalized spacial score (nSPS) is 31.2. The van der Waals surface area contributed by atoms with Crippen molar-refractivity contribution in [2.75, 3.05) is 23.3 Å². The second-order valence-electron chi connectivity index (χ2n) is 6.62. The highest BCUT2D eigenvalue weighted by Gasteiger charge is 2.48. The number of benzene rings is 1. The van der Waals surface area contributed by atoms with Gasteiger partial charge in [-0.2, -0.15) is 0 Å². The van der Waals surface area contributed by atoms with Crippen molar-refractivity contribution >= 4 is 17.3 Å². The summed E-state index contributed by atoms with van der Waals surface area (Å²) in [7, 11) is 0. The van der Waals surface area contributed by atoms with Crippen LogP contribution in [0.5, 0.6) is 0 Å². The first-order valence-electron chi connectivity index (χ1n) is 7.96. The molecule has 0 aromatic heterocycles. The molecule has 3 nitrogen and oxygen atoms in total. The van der Waals surface area contributed by atoms with Crippen LogP contribution in [-0.4, -0.2) is 19.0 Å². The summed E-state index contributed by atoms with van der Waals surface area (Å²) >= 11 is 0. The zero-order valence-corrected chi connectivity index (χ0v) is 11.8. The summed E-state index contributed by atoms with van der Waals surface area (Å²) < 4.78 is 0. The lowest BCUT2D eigenvalue weighted by molar-refractivity contribution is -0.120. The molecule has 1 aromatic carbocycles. The number of hydrogen-bond acceptors (Lipinski definition) is 2. The number of amides is 1. The Morgan fingerprint density at radius 1 is 1.05 bits per heavy atom. The number of anilines is 2. The van der Waals surface area contributed by atoms with Gasteiger partial charge in [-0.15, -0.1) is 0 Å². The van der Waals surface area contributed by atoms with Crippen LogP contribution in [0.4, 0.5) is 11.4 Å². The van der Waals surface area contributed by atoms with Crippen LogP contribution in [0.1, 0.15) is 32.1 Å². The number of nitrogens with zero attached hydrogens (tertiary/aromatic N) is 1. The Labute approximate surface area is 120 Å². The average Bonchev–Trinajstić information content (AvgIpc) is 2.91. The van der Waals surface area contributed by atoms with Crippen LogP contribution in [0.3, 0.4) is 0 Å². The van der Waals surface area contributed by atoms with E-state index in [0.29, 0.717) is 0 Å². The van der Waals surface area contributed by atoms with Gasteiger partial charge in [0.2, 0.25) is 5.91 Å². The van der Waals surface area contributed by atoms with Crippen molar-refractivity contribution in [3.8, 4) is 0 Å². The van der Waals surface area contributed by atoms with Crippen molar-refractivity contribution in [1.29, 1.82) is 0 Å². The fraction of sp³-hybridized carbons (Fsp3) is 0.588. The van der Waals surface area contributed by atoms with Crippen LogP contribution in [0.15, 0.2) is 24.3 Å². The Hall–Kier alpha value is -1.51. The smallest absolute Gasteiger partial charge is 0.227 e. The van der Waals surface area contributed by atoms with E-state index in [4.69, 9.17) is 0 Å². The molecule has 106 valence electrons. The van der Waals surface area contributed by atoms with Crippen molar-refractivity contribution in [3.63, 3.8) is 0 Å². The summed E-state index contributed by atoms with van der Waals surface area (Å²) in [5.74, 6) is 2.22. The van der Waals surface area contributed by atoms with Crippen LogP contribution in [-0.2, 0) is 4.79 Å². The van der Waals surface area contributed by atoms with E-state index < -0.39 is 0 Å². The fourth-order valence-corrected chi connectivity index (χ4v) is 3.98. The van der Waals surface area contributed by atoms with Crippen LogP contribution in [0.25, 0.3) is 0 Å². The highest BCUT2D eigenvalue weighted by atomic mass is 16.1. The highest BCUT2D eigenvalue weighted by molar-refractivity contribution is 5.96. The Balaban J connectivity index is 1.48. The lowest BCUT2D eigenvalue weighted by Gasteiger charge is -2.22. The number of nitrogens with one attached hydrogen (secondary N) is 1. The summed E-state index contributed by atoms with van der Waals surface area (Å²) in [4.78, 5) is 14.8. The van der Waals surface area contributed by atoms with Gasteiger partial charge in [0.1, 0.15) is 0 Å². The van der Waals surface area contributed by atoms with E-state index in [2.05, 4.69) is 22.3 Å². The molecule has 0 spiro atoms. The Morgan fingerprint density at radius 3 is 2.50 bits per heavy atom. The molecule has 3 heteroatoms. The summed E-state index contributed by atoms with van der Waals surface area (Å²) in [5.41, 5.74) is 2.20. The summed E-state index contributed by atoms with van der Waals surface area (Å²) in [5, 5.41) is 3.19. The third-order valence-electron chi connectivity index (χ3n) is 5.22. The molecule has 3 fully saturated rings. The number of fused-ring (bicyclic) bond motifs is 1. The Kier molecular flexibility index (Phi) is 2.94. The van der Waals surface area contributed by atoms with Crippen molar-refractivity contribution < 1.29 is 4.79 Å². The summed E-state index contributed by atoms with van der Waals surface area (Å²) in [6, 6.07) is 8.25. The lowest BCUT2D eigenvalue weighted by Crippen LogP contribution is -2.24. The van der Waals surface area contributed by atoms with Crippen molar-refractivity contribution in [1.82, 2.24) is 0 Å². The molecule has 4 rings (SSSR count). The minimum absolute atomic E-state index is 0.240. The minimum atomic E-state index is 0.240. The predicted octanol–water partition coefficient (Wildman–Crippen LogP) is 3.27. The second-order valence-corrected chi connectivity index (χ2v) is 6.62. The molecule has 1 aliphatic heterocycles. The molecule has 1 amide bonds. The number of carbonyl (C=O) groups excluding carboxylic acids is 1. The van der Waals surface area contributed by atoms with Gasteiger partial charge in [0, 0.05) is 19.0 Å². The van der Waals surface area contributed by atoms with Crippen molar-refractivity contribution in [2.45, 2.75) is 32.1 Å². The van der Waals surface area contributed by atoms with Crippen molar-refractivity contribution in [2.24, 2.45) is 17.8 Å². The van der Waals surface area contributed by atoms with Crippen LogP contribution < -0.4 is 10.2 Å². The molecule has 1 saturated heterocycles. The summed E-state index contributed by atoms with van der Waals surface area (Å²) in [6.07, 6.45) is 6.11. The first-order valence-corrected chi connectivity index (χ1v) is 7.96. The Morgan fingerprint density at radius 2 is 1.75 bits per heavy atom. The predicted molar refractivity (Wildman–Crippen MR) is 80.8 cm³/mol. The SMILES string of the molecule is O=C(Nc1ccccc1N1CCCC1)C1CC2CC2C1. The zero-order valence-electron chi connectivity index (χ0n) is 11.8. The Bertz CT molecular complexity index is 511. The van der Waals surface area contributed by atoms with Gasteiger partial charge >= 0.3 is 0 Å². The third-order valence-corrected chi connectivity index (χ3v) is 5.22. The second kappa shape index (κ2) is 4.80. The monoisotopic (exact) mass is 270 g/mol. The fourth-order valence-electron chi connectivity index (χ4n) is 3.98. The molecule has 1 aromatic rings. The van der Waals surface area contributed by atoms with E-state index >= 15 is 0 Å². The average molecular weight is 270 g/mol. The number of carbonyl (C=O) groups is 1. The van der Waals surface area contributed by atoms with Gasteiger partial charge < -0.3 is 10.2 Å². The molecule has 3 aliphatic rings. The van der Waals surface area contributed by atoms with E-state index in [9.17, 15) is 4.79 Å². The van der Waals surface area contributed by atoms with E-state index in [1.165, 1.54) is 24.9 Å². The van der Waals surface area contributed by atoms with E-state index in [-0.39, 0.29) is 11.8 Å². The third kappa shape index (κ3) is 2.19. The molecule has 2 unspecified atom stereocenters. The van der Waals surface area contributed by atoms with Gasteiger partial charge in [0.15, 0.2) is 0 Å². The molecule has 1 N–H and O–H groups in total. The van der Waals surface area contributed by atoms with E-state index in [1.807, 2.05) is 12.1 Å². The molecular formula is C17H22N2O. The van der Waals surface area contributed by atoms with E-state index in [1.54, 1.807) is 0 Å². The minimum Gasteiger partial charge on any atom is -0.370 e. The van der Waals surface area contributed by atoms with Crippen LogP contribution >= 0.6 is 0 Å². The van der Waals surface area contributed by atoms with Gasteiger partial charge in [-0.05, 0) is 56.1 Å². The maximum absolute atomic E-state index is 12.4. The quantitative estimate of drug-likeness (QED) is 0.914. The van der Waals surface area contributed by atoms with Crippen LogP contribution in [0.2, 0.25) is 0 Å². The zero-order chi connectivity index (χ0) is 13.5. The summed E-state index contributed by atoms with van der Waals surface area (Å²) in [6.45, 7) is 2.22. The van der Waals surface area contributed by atoms with Crippen LogP contribution in [0, 0.1) is 17.8 Å². The number of para-hydroxylation sites is 2. The van der Waals surface area contributed by atoms with Gasteiger partial charge in [-0.1, -0.05) is 12.1 Å². The van der Waals surface area contributed by atoms with Crippen molar-refractivity contribution in [3.05, 3.63) is 24.3 Å². The first-order chi connectivity index (χ1) is 9.81. The van der Waals surface area contributed by atoms with Gasteiger partial charge in [0.25, 0.3) is 0 Å². The highest BCUT2D eigenvalue weighted by Crippen LogP contribution is 2.54. The molecular weight excluding hydrogens is 248 g/mol. The first kappa shape index (κ1) is 12.2. The van der Waals surface area contributed by atoms with Gasteiger partial charge in [-0.25, -0.2) is 0 Å². The molecule has 1 heterocycles. The lowest BCUT2D eigenvalue weighted by atomic mass is 10.0. The molecule has 20 heavy (non-hydrogen) atoms. The molecule has 0 bridgehead atoms. The molecule has 2 aliphatic carbocycles. The maximum Gasteiger partial charge on any atom is 0.227 e. The van der Waals surface area contributed by atoms with E-state index in [0.717, 1.165) is 43.5 Å². The van der Waals surface area contributed by atoms with Gasteiger partial charge in [0.05, 0.1) is 11.4 Å².